The van der Waals surface area contributed by atoms with Gasteiger partial charge in [-0.1, -0.05) is 26.3 Å². The van der Waals surface area contributed by atoms with Crippen LogP contribution in [-0.2, 0) is 16.6 Å². The van der Waals surface area contributed by atoms with Crippen molar-refractivity contribution in [2.75, 3.05) is 29.9 Å². The van der Waals surface area contributed by atoms with Gasteiger partial charge in [0.05, 0.1) is 0 Å². The Balaban J connectivity index is 1.92. The Morgan fingerprint density at radius 2 is 1.88 bits per heavy atom. The Bertz CT molecular complexity index is 967. The third-order valence-electron chi connectivity index (χ3n) is 6.60. The Kier molecular flexibility index (Phi) is 8.48. The molecule has 2 aliphatic rings. The molecule has 3 rings (SSSR count). The Hall–Kier alpha value is -1.89. The van der Waals surface area contributed by atoms with Crippen LogP contribution in [0.1, 0.15) is 70.6 Å². The summed E-state index contributed by atoms with van der Waals surface area (Å²) in [6.45, 7) is 9.81. The maximum Gasteiger partial charge on any atom is 0.405 e. The van der Waals surface area contributed by atoms with Gasteiger partial charge in [0.25, 0.3) is 5.91 Å². The number of hydrogen-bond acceptors (Lipinski definition) is 3. The third kappa shape index (κ3) is 7.06. The van der Waals surface area contributed by atoms with Crippen molar-refractivity contribution in [1.82, 2.24) is 5.32 Å². The molecule has 1 aromatic rings. The van der Waals surface area contributed by atoms with Crippen molar-refractivity contribution in [3.63, 3.8) is 0 Å². The minimum atomic E-state index is -4.29. The van der Waals surface area contributed by atoms with Crippen molar-refractivity contribution < 1.29 is 18.0 Å². The van der Waals surface area contributed by atoms with Crippen molar-refractivity contribution in [1.29, 1.82) is 0 Å². The van der Waals surface area contributed by atoms with Gasteiger partial charge < -0.3 is 10.6 Å². The van der Waals surface area contributed by atoms with Gasteiger partial charge >= 0.3 is 6.18 Å². The lowest BCUT2D eigenvalue weighted by Gasteiger charge is -2.28. The number of fused-ring (bicyclic) bond motifs is 1. The number of amides is 1. The molecule has 7 heteroatoms. The number of rotatable bonds is 5. The number of nitrogens with one attached hydrogen (secondary N) is 2. The molecule has 0 saturated carbocycles. The zero-order valence-electron chi connectivity index (χ0n) is 20.9. The van der Waals surface area contributed by atoms with Crippen molar-refractivity contribution in [2.24, 2.45) is 5.92 Å². The highest BCUT2D eigenvalue weighted by molar-refractivity contribution is 7.99. The molecule has 2 N–H and O–H groups in total. The van der Waals surface area contributed by atoms with Gasteiger partial charge in [0.1, 0.15) is 6.54 Å². The molecular formula is C27H37F3N2OS. The van der Waals surface area contributed by atoms with Gasteiger partial charge in [-0.15, -0.1) is 0 Å². The molecule has 188 valence electrons. The van der Waals surface area contributed by atoms with Gasteiger partial charge in [0.15, 0.2) is 0 Å². The van der Waals surface area contributed by atoms with Crippen LogP contribution in [0.5, 0.6) is 0 Å². The van der Waals surface area contributed by atoms with E-state index < -0.39 is 12.7 Å². The van der Waals surface area contributed by atoms with Crippen LogP contribution in [-0.4, -0.2) is 36.7 Å². The predicted molar refractivity (Wildman–Crippen MR) is 137 cm³/mol. The van der Waals surface area contributed by atoms with Crippen LogP contribution in [0.3, 0.4) is 0 Å². The number of hydrogen-bond donors (Lipinski definition) is 2. The van der Waals surface area contributed by atoms with Gasteiger partial charge in [0.2, 0.25) is 0 Å². The van der Waals surface area contributed by atoms with Gasteiger partial charge in [-0.3, -0.25) is 4.79 Å². The highest BCUT2D eigenvalue weighted by Crippen LogP contribution is 2.37. The number of alkyl halides is 3. The molecule has 3 nitrogen and oxygen atoms in total. The average molecular weight is 495 g/mol. The van der Waals surface area contributed by atoms with E-state index in [0.29, 0.717) is 23.7 Å². The molecule has 1 saturated heterocycles. The molecule has 1 heterocycles. The number of carbonyl (C=O) groups excluding carboxylic acids is 1. The molecule has 1 amide bonds. The summed E-state index contributed by atoms with van der Waals surface area (Å²) in [5, 5.41) is 5.69. The van der Waals surface area contributed by atoms with Gasteiger partial charge in [-0.05, 0) is 103 Å². The first-order chi connectivity index (χ1) is 15.8. The molecule has 0 radical (unpaired) electrons. The Labute approximate surface area is 206 Å². The molecule has 0 spiro atoms. The first kappa shape index (κ1) is 26.7. The molecule has 0 bridgehead atoms. The third-order valence-corrected chi connectivity index (χ3v) is 7.88. The summed E-state index contributed by atoms with van der Waals surface area (Å²) in [7, 11) is 0. The molecular weight excluding hydrogens is 457 g/mol. The van der Waals surface area contributed by atoms with Gasteiger partial charge in [-0.2, -0.15) is 24.9 Å². The number of benzene rings is 1. The summed E-state index contributed by atoms with van der Waals surface area (Å²) in [6.07, 6.45) is 1.45. The van der Waals surface area contributed by atoms with Crippen LogP contribution < -0.4 is 10.6 Å². The molecule has 1 aromatic carbocycles. The lowest BCUT2D eigenvalue weighted by molar-refractivity contribution is -0.117. The van der Waals surface area contributed by atoms with Crippen LogP contribution in [0.2, 0.25) is 0 Å². The fourth-order valence-corrected chi connectivity index (χ4v) is 5.85. The molecule has 0 unspecified atom stereocenters. The van der Waals surface area contributed by atoms with Crippen molar-refractivity contribution >= 4 is 28.9 Å². The van der Waals surface area contributed by atoms with E-state index in [4.69, 9.17) is 0 Å². The summed E-state index contributed by atoms with van der Waals surface area (Å²) in [4.78, 5) is 13.1. The normalized spacial score (nSPS) is 23.3. The summed E-state index contributed by atoms with van der Waals surface area (Å²) in [5.41, 5.74) is 5.95. The minimum Gasteiger partial charge on any atom is -0.376 e. The van der Waals surface area contributed by atoms with Gasteiger partial charge in [-0.25, -0.2) is 0 Å². The van der Waals surface area contributed by atoms with Crippen LogP contribution in [0.15, 0.2) is 29.4 Å². The van der Waals surface area contributed by atoms with E-state index in [1.807, 2.05) is 37.8 Å². The topological polar surface area (TPSA) is 41.1 Å². The van der Waals surface area contributed by atoms with E-state index in [1.165, 1.54) is 12.2 Å². The number of halogens is 3. The lowest BCUT2D eigenvalue weighted by Crippen LogP contribution is -2.32. The second-order valence-electron chi connectivity index (χ2n) is 10.6. The van der Waals surface area contributed by atoms with Crippen molar-refractivity contribution in [3.05, 3.63) is 46.0 Å². The number of anilines is 1. The van der Waals surface area contributed by atoms with E-state index in [-0.39, 0.29) is 11.3 Å². The van der Waals surface area contributed by atoms with E-state index in [1.54, 1.807) is 6.07 Å². The SMILES string of the molecule is C/C1=C/C(C(=O)NC[C@H]2CCCSC2)=C(\C)CCc2c1cc(NCC(F)(F)F)cc2C(C)(C)C. The van der Waals surface area contributed by atoms with Crippen LogP contribution >= 0.6 is 11.8 Å². The highest BCUT2D eigenvalue weighted by atomic mass is 32.2. The van der Waals surface area contributed by atoms with Crippen molar-refractivity contribution in [2.45, 2.75) is 71.9 Å². The predicted octanol–water partition coefficient (Wildman–Crippen LogP) is 6.88. The molecule has 1 atom stereocenters. The zero-order valence-corrected chi connectivity index (χ0v) is 21.7. The first-order valence-corrected chi connectivity index (χ1v) is 13.2. The first-order valence-electron chi connectivity index (χ1n) is 12.1. The van der Waals surface area contributed by atoms with E-state index >= 15 is 0 Å². The minimum absolute atomic E-state index is 0.0572. The summed E-state index contributed by atoms with van der Waals surface area (Å²) in [5.74, 6) is 2.74. The van der Waals surface area contributed by atoms with E-state index in [2.05, 4.69) is 31.4 Å². The number of thioether (sulfide) groups is 1. The zero-order chi connectivity index (χ0) is 25.1. The maximum absolute atomic E-state index is 13.1. The summed E-state index contributed by atoms with van der Waals surface area (Å²) >= 11 is 1.95. The Morgan fingerprint density at radius 1 is 1.15 bits per heavy atom. The fourth-order valence-electron chi connectivity index (χ4n) is 4.69. The van der Waals surface area contributed by atoms with Crippen LogP contribution in [0.25, 0.3) is 5.57 Å². The second-order valence-corrected chi connectivity index (χ2v) is 11.7. The van der Waals surface area contributed by atoms with E-state index in [0.717, 1.165) is 52.9 Å². The molecule has 1 fully saturated rings. The maximum atomic E-state index is 13.1. The molecule has 34 heavy (non-hydrogen) atoms. The quantitative estimate of drug-likeness (QED) is 0.469. The van der Waals surface area contributed by atoms with E-state index in [9.17, 15) is 18.0 Å². The monoisotopic (exact) mass is 494 g/mol. The molecule has 0 aromatic heterocycles. The van der Waals surface area contributed by atoms with Gasteiger partial charge in [0, 0.05) is 17.8 Å². The van der Waals surface area contributed by atoms with Crippen LogP contribution in [0.4, 0.5) is 18.9 Å². The van der Waals surface area contributed by atoms with Crippen LogP contribution in [0, 0.1) is 5.92 Å². The van der Waals surface area contributed by atoms with Crippen molar-refractivity contribution in [3.8, 4) is 0 Å². The summed E-state index contributed by atoms with van der Waals surface area (Å²) < 4.78 is 38.6. The molecule has 1 aliphatic carbocycles. The number of carbonyl (C=O) groups is 1. The average Bonchev–Trinajstić information content (AvgIpc) is 2.76. The second kappa shape index (κ2) is 10.8. The largest absolute Gasteiger partial charge is 0.405 e. The smallest absolute Gasteiger partial charge is 0.376 e. The summed E-state index contributed by atoms with van der Waals surface area (Å²) in [6, 6.07) is 3.66. The standard InChI is InChI=1S/C27H37F3N2OS/c1-17-8-9-21-22(12-20(32-16-27(28,29)30)13-24(21)26(3,4)5)18(2)11-23(17)25(33)31-14-19-7-6-10-34-15-19/h11-13,19,32H,6-10,14-16H2,1-5H3,(H,31,33)/b18-11-,23-17-/t19-/m1/s1. The lowest BCUT2D eigenvalue weighted by atomic mass is 9.78. The number of allylic oxidation sites excluding steroid dienone is 2. The molecule has 1 aliphatic heterocycles. The highest BCUT2D eigenvalue weighted by Gasteiger charge is 2.28. The Morgan fingerprint density at radius 3 is 2.50 bits per heavy atom. The fraction of sp³-hybridized carbons (Fsp3) is 0.593.